The second-order valence-corrected chi connectivity index (χ2v) is 7.55. The summed E-state index contributed by atoms with van der Waals surface area (Å²) in [5.74, 6) is 0.348. The lowest BCUT2D eigenvalue weighted by atomic mass is 9.96. The molecule has 2 fully saturated rings. The summed E-state index contributed by atoms with van der Waals surface area (Å²) in [6, 6.07) is 4.88. The molecule has 2 aliphatic rings. The highest BCUT2D eigenvalue weighted by Gasteiger charge is 2.35. The molecular formula is C19H30N4O3. The number of hydrogen-bond donors (Lipinski definition) is 0. The fourth-order valence-corrected chi connectivity index (χ4v) is 4.07. The Morgan fingerprint density at radius 1 is 1.27 bits per heavy atom. The summed E-state index contributed by atoms with van der Waals surface area (Å²) in [5, 5.41) is 11.3. The van der Waals surface area contributed by atoms with Crippen LogP contribution in [0.3, 0.4) is 0 Å². The fraction of sp³-hybridized carbons (Fsp3) is 0.684. The van der Waals surface area contributed by atoms with Gasteiger partial charge in [0.15, 0.2) is 5.75 Å². The van der Waals surface area contributed by atoms with Gasteiger partial charge in [0, 0.05) is 56.1 Å². The first-order valence-corrected chi connectivity index (χ1v) is 9.45. The van der Waals surface area contributed by atoms with Gasteiger partial charge >= 0.3 is 5.69 Å². The lowest BCUT2D eigenvalue weighted by Gasteiger charge is -2.49. The molecule has 7 heteroatoms. The minimum absolute atomic E-state index is 0.0540. The number of anilines is 1. The molecule has 0 atom stereocenters. The summed E-state index contributed by atoms with van der Waals surface area (Å²) >= 11 is 0. The minimum Gasteiger partial charge on any atom is -0.490 e. The Bertz CT molecular complexity index is 650. The summed E-state index contributed by atoms with van der Waals surface area (Å²) in [6.45, 7) is 6.36. The average Bonchev–Trinajstić information content (AvgIpc) is 2.59. The predicted molar refractivity (Wildman–Crippen MR) is 103 cm³/mol. The Morgan fingerprint density at radius 3 is 2.42 bits per heavy atom. The van der Waals surface area contributed by atoms with Gasteiger partial charge in [0.05, 0.1) is 12.0 Å². The molecule has 0 spiro atoms. The number of likely N-dealkylation sites (tertiary alicyclic amines) is 1. The van der Waals surface area contributed by atoms with Crippen molar-refractivity contribution >= 4 is 11.4 Å². The van der Waals surface area contributed by atoms with Crippen molar-refractivity contribution in [1.82, 2.24) is 9.80 Å². The van der Waals surface area contributed by atoms with Crippen molar-refractivity contribution in [2.75, 3.05) is 52.3 Å². The number of aryl methyl sites for hydroxylation is 1. The molecule has 3 rings (SSSR count). The van der Waals surface area contributed by atoms with Crippen molar-refractivity contribution in [2.45, 2.75) is 38.3 Å². The van der Waals surface area contributed by atoms with Crippen LogP contribution in [-0.2, 0) is 6.42 Å². The molecule has 1 aromatic carbocycles. The molecule has 0 saturated carbocycles. The van der Waals surface area contributed by atoms with Crippen LogP contribution in [0.4, 0.5) is 11.4 Å². The van der Waals surface area contributed by atoms with Gasteiger partial charge in [-0.15, -0.1) is 0 Å². The van der Waals surface area contributed by atoms with Crippen LogP contribution in [0.1, 0.15) is 25.3 Å². The second kappa shape index (κ2) is 7.80. The predicted octanol–water partition coefficient (Wildman–Crippen LogP) is 2.38. The first-order chi connectivity index (χ1) is 12.4. The maximum Gasteiger partial charge on any atom is 0.311 e. The molecule has 1 aromatic rings. The van der Waals surface area contributed by atoms with Crippen LogP contribution in [0.25, 0.3) is 0 Å². The van der Waals surface area contributed by atoms with Crippen molar-refractivity contribution in [3.63, 3.8) is 0 Å². The van der Waals surface area contributed by atoms with E-state index in [1.165, 1.54) is 20.2 Å². The molecule has 26 heavy (non-hydrogen) atoms. The molecule has 0 unspecified atom stereocenters. The van der Waals surface area contributed by atoms with Gasteiger partial charge < -0.3 is 14.5 Å². The third kappa shape index (κ3) is 3.64. The zero-order valence-corrected chi connectivity index (χ0v) is 16.3. The van der Waals surface area contributed by atoms with Crippen LogP contribution in [0.2, 0.25) is 0 Å². The van der Waals surface area contributed by atoms with Crippen molar-refractivity contribution < 1.29 is 9.66 Å². The van der Waals surface area contributed by atoms with Gasteiger partial charge in [0.25, 0.3) is 0 Å². The monoisotopic (exact) mass is 362 g/mol. The van der Waals surface area contributed by atoms with Gasteiger partial charge in [-0.3, -0.25) is 15.0 Å². The molecule has 2 aliphatic heterocycles. The Labute approximate surface area is 155 Å². The number of hydrogen-bond acceptors (Lipinski definition) is 6. The zero-order chi connectivity index (χ0) is 18.8. The van der Waals surface area contributed by atoms with Gasteiger partial charge in [-0.25, -0.2) is 0 Å². The smallest absolute Gasteiger partial charge is 0.311 e. The summed E-state index contributed by atoms with van der Waals surface area (Å²) in [5.41, 5.74) is 2.16. The molecule has 2 heterocycles. The van der Waals surface area contributed by atoms with E-state index in [9.17, 15) is 10.1 Å². The SMILES string of the molecule is CCc1cc([N+](=O)[O-])c(OC)cc1N1CCC(N2CC(N(C)C)C2)CC1. The van der Waals surface area contributed by atoms with Gasteiger partial charge in [-0.05, 0) is 38.9 Å². The van der Waals surface area contributed by atoms with Crippen molar-refractivity contribution in [3.05, 3.63) is 27.8 Å². The topological polar surface area (TPSA) is 62.1 Å². The number of piperidine rings is 1. The number of nitro benzene ring substituents is 1. The number of likely N-dealkylation sites (N-methyl/N-ethyl adjacent to an activating group) is 1. The average molecular weight is 362 g/mol. The quantitative estimate of drug-likeness (QED) is 0.572. The molecule has 0 aliphatic carbocycles. The van der Waals surface area contributed by atoms with E-state index in [1.807, 2.05) is 13.0 Å². The summed E-state index contributed by atoms with van der Waals surface area (Å²) in [6.07, 6.45) is 3.06. The van der Waals surface area contributed by atoms with E-state index in [2.05, 4.69) is 28.8 Å². The molecule has 0 amide bonds. The third-order valence-electron chi connectivity index (χ3n) is 5.90. The molecule has 0 radical (unpaired) electrons. The molecular weight excluding hydrogens is 332 g/mol. The van der Waals surface area contributed by atoms with Crippen LogP contribution >= 0.6 is 0 Å². The van der Waals surface area contributed by atoms with Crippen molar-refractivity contribution in [3.8, 4) is 5.75 Å². The van der Waals surface area contributed by atoms with Crippen LogP contribution in [0.15, 0.2) is 12.1 Å². The van der Waals surface area contributed by atoms with Crippen molar-refractivity contribution in [1.29, 1.82) is 0 Å². The van der Waals surface area contributed by atoms with E-state index in [-0.39, 0.29) is 10.6 Å². The first-order valence-electron chi connectivity index (χ1n) is 9.45. The normalized spacial score (nSPS) is 19.7. The highest BCUT2D eigenvalue weighted by atomic mass is 16.6. The molecule has 7 nitrogen and oxygen atoms in total. The second-order valence-electron chi connectivity index (χ2n) is 7.55. The van der Waals surface area contributed by atoms with Crippen LogP contribution in [0.5, 0.6) is 5.75 Å². The van der Waals surface area contributed by atoms with E-state index in [4.69, 9.17) is 4.74 Å². The molecule has 0 N–H and O–H groups in total. The number of methoxy groups -OCH3 is 1. The lowest BCUT2D eigenvalue weighted by Crippen LogP contribution is -2.62. The van der Waals surface area contributed by atoms with Gasteiger partial charge in [0.1, 0.15) is 0 Å². The third-order valence-corrected chi connectivity index (χ3v) is 5.90. The zero-order valence-electron chi connectivity index (χ0n) is 16.3. The standard InChI is InChI=1S/C19H30N4O3/c1-5-14-10-18(23(24)25)19(26-4)11-17(14)21-8-6-15(7-9-21)22-12-16(13-22)20(2)3/h10-11,15-16H,5-9,12-13H2,1-4H3. The highest BCUT2D eigenvalue weighted by molar-refractivity contribution is 5.64. The first kappa shape index (κ1) is 18.9. The van der Waals surface area contributed by atoms with E-state index >= 15 is 0 Å². The minimum atomic E-state index is -0.362. The molecule has 2 saturated heterocycles. The summed E-state index contributed by atoms with van der Waals surface area (Å²) < 4.78 is 5.28. The van der Waals surface area contributed by atoms with Crippen LogP contribution in [0, 0.1) is 10.1 Å². The summed E-state index contributed by atoms with van der Waals surface area (Å²) in [7, 11) is 5.80. The van der Waals surface area contributed by atoms with Gasteiger partial charge in [0.2, 0.25) is 0 Å². The van der Waals surface area contributed by atoms with Gasteiger partial charge in [-0.2, -0.15) is 0 Å². The van der Waals surface area contributed by atoms with E-state index in [1.54, 1.807) is 6.07 Å². The maximum atomic E-state index is 11.3. The Hall–Kier alpha value is -1.86. The Balaban J connectivity index is 1.68. The number of nitro groups is 1. The largest absolute Gasteiger partial charge is 0.490 e. The number of ether oxygens (including phenoxy) is 1. The van der Waals surface area contributed by atoms with E-state index in [0.717, 1.165) is 43.6 Å². The Morgan fingerprint density at radius 2 is 1.92 bits per heavy atom. The van der Waals surface area contributed by atoms with Crippen LogP contribution in [-0.4, -0.2) is 74.2 Å². The van der Waals surface area contributed by atoms with Crippen LogP contribution < -0.4 is 9.64 Å². The molecule has 144 valence electrons. The fourth-order valence-electron chi connectivity index (χ4n) is 4.07. The number of rotatable bonds is 6. The van der Waals surface area contributed by atoms with E-state index < -0.39 is 0 Å². The van der Waals surface area contributed by atoms with Gasteiger partial charge in [-0.1, -0.05) is 6.92 Å². The lowest BCUT2D eigenvalue weighted by molar-refractivity contribution is -0.385. The summed E-state index contributed by atoms with van der Waals surface area (Å²) in [4.78, 5) is 18.2. The molecule has 0 bridgehead atoms. The van der Waals surface area contributed by atoms with E-state index in [0.29, 0.717) is 17.8 Å². The highest BCUT2D eigenvalue weighted by Crippen LogP contribution is 2.37. The maximum absolute atomic E-state index is 11.3. The van der Waals surface area contributed by atoms with Crippen molar-refractivity contribution in [2.24, 2.45) is 0 Å². The number of nitrogens with zero attached hydrogens (tertiary/aromatic N) is 4. The number of benzene rings is 1. The Kier molecular flexibility index (Phi) is 5.67. The molecule has 0 aromatic heterocycles.